The molecule has 0 amide bonds. The van der Waals surface area contributed by atoms with E-state index >= 15 is 0 Å². The summed E-state index contributed by atoms with van der Waals surface area (Å²) in [5, 5.41) is 0. The van der Waals surface area contributed by atoms with Crippen LogP contribution in [0.1, 0.15) is 55.5 Å². The second kappa shape index (κ2) is 13.2. The van der Waals surface area contributed by atoms with Crippen molar-refractivity contribution in [2.75, 3.05) is 0 Å². The van der Waals surface area contributed by atoms with Crippen molar-refractivity contribution in [3.63, 3.8) is 0 Å². The Morgan fingerprint density at radius 2 is 1.41 bits per heavy atom. The minimum absolute atomic E-state index is 0. The Bertz CT molecular complexity index is 846. The van der Waals surface area contributed by atoms with E-state index in [1.54, 1.807) is 0 Å². The Morgan fingerprint density at radius 3 is 1.86 bits per heavy atom. The number of rotatable bonds is 2. The molecule has 1 aliphatic rings. The second-order valence-corrected chi connectivity index (χ2v) is 7.33. The fourth-order valence-corrected chi connectivity index (χ4v) is 3.76. The zero-order valence-electron chi connectivity index (χ0n) is 18.5. The molecular weight excluding hydrogens is 433 g/mol. The molecule has 1 N–H and O–H groups in total. The molecule has 0 saturated heterocycles. The molecule has 156 valence electrons. The summed E-state index contributed by atoms with van der Waals surface area (Å²) in [6.07, 6.45) is 4.55. The SMILES string of the molecule is C[CH-]c1ccccc1C1=C(C)C(C)=CC1C.Cc1cc(C)c([NH-])c(C)c1.[Cl-].[Cl-].[Ti+2]. The van der Waals surface area contributed by atoms with Crippen LogP contribution >= 0.6 is 0 Å². The molecule has 0 aromatic heterocycles. The predicted molar refractivity (Wildman–Crippen MR) is 116 cm³/mol. The van der Waals surface area contributed by atoms with Gasteiger partial charge in [0, 0.05) is 0 Å². The van der Waals surface area contributed by atoms with Gasteiger partial charge in [0.1, 0.15) is 0 Å². The summed E-state index contributed by atoms with van der Waals surface area (Å²) in [6, 6.07) is 12.7. The molecule has 0 bridgehead atoms. The maximum absolute atomic E-state index is 7.54. The summed E-state index contributed by atoms with van der Waals surface area (Å²) in [5.74, 6) is 0.543. The Balaban J connectivity index is 0. The van der Waals surface area contributed by atoms with Gasteiger partial charge in [0.05, 0.1) is 0 Å². The third-order valence-electron chi connectivity index (χ3n) is 5.19. The van der Waals surface area contributed by atoms with Crippen molar-refractivity contribution in [3.05, 3.63) is 93.6 Å². The van der Waals surface area contributed by atoms with Crippen molar-refractivity contribution in [3.8, 4) is 0 Å². The van der Waals surface area contributed by atoms with Crippen LogP contribution < -0.4 is 24.8 Å². The van der Waals surface area contributed by atoms with Gasteiger partial charge in [-0.25, -0.2) is 0 Å². The van der Waals surface area contributed by atoms with Crippen molar-refractivity contribution < 1.29 is 46.5 Å². The van der Waals surface area contributed by atoms with E-state index in [1.807, 2.05) is 26.0 Å². The normalized spacial score (nSPS) is 14.4. The first kappa shape index (κ1) is 30.1. The van der Waals surface area contributed by atoms with Gasteiger partial charge in [-0.15, -0.1) is 23.4 Å². The van der Waals surface area contributed by atoms with Gasteiger partial charge in [-0.05, 0) is 40.5 Å². The van der Waals surface area contributed by atoms with Crippen molar-refractivity contribution in [1.82, 2.24) is 0 Å². The Labute approximate surface area is 205 Å². The van der Waals surface area contributed by atoms with Crippen molar-refractivity contribution in [2.45, 2.75) is 48.5 Å². The van der Waals surface area contributed by atoms with Crippen LogP contribution in [0.2, 0.25) is 0 Å². The number of aryl methyl sites for hydroxylation is 3. The molecule has 0 aliphatic heterocycles. The molecule has 0 heterocycles. The van der Waals surface area contributed by atoms with Crippen LogP contribution in [0.5, 0.6) is 0 Å². The van der Waals surface area contributed by atoms with E-state index in [4.69, 9.17) is 5.73 Å². The van der Waals surface area contributed by atoms with E-state index in [-0.39, 0.29) is 46.5 Å². The Hall–Kier alpha value is -1.12. The zero-order valence-corrected chi connectivity index (χ0v) is 21.5. The average molecular weight is 464 g/mol. The topological polar surface area (TPSA) is 23.8 Å². The molecule has 2 aromatic rings. The third-order valence-corrected chi connectivity index (χ3v) is 5.19. The van der Waals surface area contributed by atoms with Gasteiger partial charge < -0.3 is 30.5 Å². The number of halogens is 2. The summed E-state index contributed by atoms with van der Waals surface area (Å²) in [6.45, 7) is 14.8. The number of hydrogen-bond donors (Lipinski definition) is 0. The largest absolute Gasteiger partial charge is 2.00 e. The summed E-state index contributed by atoms with van der Waals surface area (Å²) in [5.41, 5.74) is 18.7. The van der Waals surface area contributed by atoms with Gasteiger partial charge in [-0.2, -0.15) is 18.1 Å². The van der Waals surface area contributed by atoms with Gasteiger partial charge >= 0.3 is 21.7 Å². The van der Waals surface area contributed by atoms with E-state index < -0.39 is 0 Å². The molecule has 1 aliphatic carbocycles. The summed E-state index contributed by atoms with van der Waals surface area (Å²) in [4.78, 5) is 0. The van der Waals surface area contributed by atoms with E-state index in [0.717, 1.165) is 11.1 Å². The van der Waals surface area contributed by atoms with Crippen molar-refractivity contribution in [1.29, 1.82) is 0 Å². The summed E-state index contributed by atoms with van der Waals surface area (Å²) >= 11 is 0. The zero-order chi connectivity index (χ0) is 19.4. The second-order valence-electron chi connectivity index (χ2n) is 7.33. The molecule has 1 nitrogen and oxygen atoms in total. The molecule has 1 unspecified atom stereocenters. The molecule has 0 saturated carbocycles. The molecular formula is C25H31Cl2NTi-2. The van der Waals surface area contributed by atoms with Crippen LogP contribution in [0.3, 0.4) is 0 Å². The van der Waals surface area contributed by atoms with Crippen molar-refractivity contribution in [2.24, 2.45) is 5.92 Å². The third kappa shape index (κ3) is 7.26. The number of hydrogen-bond acceptors (Lipinski definition) is 0. The molecule has 0 fully saturated rings. The van der Waals surface area contributed by atoms with Crippen LogP contribution in [-0.2, 0) is 21.7 Å². The quantitative estimate of drug-likeness (QED) is 0.480. The first-order valence-electron chi connectivity index (χ1n) is 9.34. The van der Waals surface area contributed by atoms with Crippen LogP contribution in [0.4, 0.5) is 5.69 Å². The van der Waals surface area contributed by atoms with E-state index in [9.17, 15) is 0 Å². The van der Waals surface area contributed by atoms with Crippen molar-refractivity contribution >= 4 is 11.3 Å². The van der Waals surface area contributed by atoms with Gasteiger partial charge in [-0.3, -0.25) is 0 Å². The van der Waals surface area contributed by atoms with Crippen LogP contribution in [0.15, 0.2) is 53.6 Å². The van der Waals surface area contributed by atoms with E-state index in [1.165, 1.54) is 33.4 Å². The number of benzene rings is 2. The van der Waals surface area contributed by atoms with Crippen LogP contribution in [-0.4, -0.2) is 0 Å². The van der Waals surface area contributed by atoms with Crippen LogP contribution in [0, 0.1) is 33.1 Å². The summed E-state index contributed by atoms with van der Waals surface area (Å²) in [7, 11) is 0. The van der Waals surface area contributed by atoms with Crippen LogP contribution in [0.25, 0.3) is 11.3 Å². The average Bonchev–Trinajstić information content (AvgIpc) is 2.85. The molecule has 0 spiro atoms. The molecule has 2 aromatic carbocycles. The van der Waals surface area contributed by atoms with Gasteiger partial charge in [0.15, 0.2) is 0 Å². The van der Waals surface area contributed by atoms with E-state index in [0.29, 0.717) is 11.6 Å². The van der Waals surface area contributed by atoms with E-state index in [2.05, 4.69) is 71.4 Å². The smallest absolute Gasteiger partial charge is 1.00 e. The molecule has 4 heteroatoms. The maximum Gasteiger partial charge on any atom is 2.00 e. The number of nitrogens with one attached hydrogen (secondary N) is 1. The monoisotopic (exact) mass is 463 g/mol. The fourth-order valence-electron chi connectivity index (χ4n) is 3.76. The minimum Gasteiger partial charge on any atom is -1.00 e. The Morgan fingerprint density at radius 1 is 0.897 bits per heavy atom. The fraction of sp³-hybridized carbons (Fsp3) is 0.320. The minimum atomic E-state index is 0. The molecule has 1 atom stereocenters. The Kier molecular flexibility index (Phi) is 13.7. The molecule has 29 heavy (non-hydrogen) atoms. The van der Waals surface area contributed by atoms with Gasteiger partial charge in [-0.1, -0.05) is 71.5 Å². The van der Waals surface area contributed by atoms with Gasteiger partial charge in [0.25, 0.3) is 0 Å². The predicted octanol–water partition coefficient (Wildman–Crippen LogP) is 1.93. The first-order chi connectivity index (χ1) is 12.3. The molecule has 3 rings (SSSR count). The summed E-state index contributed by atoms with van der Waals surface area (Å²) < 4.78 is 0. The standard InChI is InChI=1S/C16H19.C9H12N.2ClH.Ti/c1-5-14-8-6-7-9-15(14)16-12(3)10-11(2)13(16)4;1-6-4-7(2)9(10)8(3)5-6;;;/h5-10,12H,1-4H3;4-5,10H,1-3H3;2*1H;/q2*-1;;;+2/p-2. The molecule has 0 radical (unpaired) electrons. The first-order valence-corrected chi connectivity index (χ1v) is 9.34. The van der Waals surface area contributed by atoms with Gasteiger partial charge in [0.2, 0.25) is 0 Å². The number of allylic oxidation sites excluding steroid dienone is 4. The maximum atomic E-state index is 7.54.